The molecule has 1 fully saturated rings. The van der Waals surface area contributed by atoms with Gasteiger partial charge in [0.2, 0.25) is 5.82 Å². The lowest BCUT2D eigenvalue weighted by molar-refractivity contribution is -0.346. The van der Waals surface area contributed by atoms with Crippen LogP contribution in [-0.2, 0) is 25.3 Å². The molecule has 176 valence electrons. The molecule has 11 nitrogen and oxygen atoms in total. The summed E-state index contributed by atoms with van der Waals surface area (Å²) in [4.78, 5) is 27.6. The number of rotatable bonds is 4. The van der Waals surface area contributed by atoms with Crippen molar-refractivity contribution in [1.82, 2.24) is 9.55 Å². The maximum Gasteiger partial charge on any atom is 0.402 e. The van der Waals surface area contributed by atoms with Gasteiger partial charge in [0.15, 0.2) is 0 Å². The highest BCUT2D eigenvalue weighted by Gasteiger charge is 2.47. The van der Waals surface area contributed by atoms with Gasteiger partial charge in [-0.05, 0) is 30.4 Å². The van der Waals surface area contributed by atoms with Crippen LogP contribution in [0, 0.1) is 12.7 Å². The zero-order valence-electron chi connectivity index (χ0n) is 17.0. The van der Waals surface area contributed by atoms with Crippen LogP contribution >= 0.6 is 8.60 Å². The molecular formula is C18H21F2N2O9P. The number of aryl methyl sites for hydroxylation is 1. The number of hydrogen-bond acceptors (Lipinski definition) is 9. The number of aromatic amines is 1. The summed E-state index contributed by atoms with van der Waals surface area (Å²) in [6, 6.07) is 5.47. The van der Waals surface area contributed by atoms with Crippen molar-refractivity contribution in [2.45, 2.75) is 44.7 Å². The molecule has 2 aliphatic rings. The lowest BCUT2D eigenvalue weighted by Gasteiger charge is -2.32. The van der Waals surface area contributed by atoms with Gasteiger partial charge in [-0.2, -0.15) is 9.33 Å². The molecule has 2 aliphatic heterocycles. The van der Waals surface area contributed by atoms with E-state index in [9.17, 15) is 28.7 Å². The molecule has 32 heavy (non-hydrogen) atoms. The number of benzene rings is 1. The average molecular weight is 478 g/mol. The molecule has 2 aromatic rings. The fraction of sp³-hybridized carbons (Fsp3) is 0.444. The maximum atomic E-state index is 13.5. The van der Waals surface area contributed by atoms with Crippen LogP contribution in [-0.4, -0.2) is 39.0 Å². The van der Waals surface area contributed by atoms with Gasteiger partial charge >= 0.3 is 20.3 Å². The number of aliphatic hydroxyl groups is 2. The molecule has 0 bridgehead atoms. The Morgan fingerprint density at radius 2 is 2.03 bits per heavy atom. The third-order valence-electron chi connectivity index (χ3n) is 4.57. The van der Waals surface area contributed by atoms with Crippen LogP contribution in [0.2, 0.25) is 0 Å². The standard InChI is InChI=1S/C17H18FN2O8P.CH3FO/c1-9-2-3-12-10(6-9)8-25-29(27-12)28-17(23,24)13-4-5-14(26-13)20-7-11(18)15(21)19-16(20)22;1-3-2/h2-3,6-7,13-14,23-24H,4-5,8H2,1H3,(H,19,21,22);1H3. The first kappa shape index (κ1) is 24.4. The molecule has 3 N–H and O–H groups in total. The van der Waals surface area contributed by atoms with E-state index in [1.54, 1.807) is 6.07 Å². The summed E-state index contributed by atoms with van der Waals surface area (Å²) in [6.07, 6.45) is -1.32. The first-order valence-corrected chi connectivity index (χ1v) is 10.4. The van der Waals surface area contributed by atoms with Crippen LogP contribution in [0.1, 0.15) is 30.2 Å². The van der Waals surface area contributed by atoms with Crippen molar-refractivity contribution < 1.29 is 42.4 Å². The van der Waals surface area contributed by atoms with Crippen LogP contribution in [0.4, 0.5) is 8.92 Å². The molecule has 1 aromatic carbocycles. The van der Waals surface area contributed by atoms with E-state index in [2.05, 4.69) is 4.94 Å². The SMILES string of the molecule is COF.Cc1ccc2c(c1)COP(OC(O)(O)C1CCC(n3cc(F)c(=O)[nH]c3=O)O1)O2. The Labute approximate surface area is 181 Å². The predicted octanol–water partition coefficient (Wildman–Crippen LogP) is 1.67. The number of fused-ring (bicyclic) bond motifs is 1. The lowest BCUT2D eigenvalue weighted by atomic mass is 10.1. The van der Waals surface area contributed by atoms with Gasteiger partial charge in [0.25, 0.3) is 5.56 Å². The number of ether oxygens (including phenoxy) is 1. The van der Waals surface area contributed by atoms with Crippen molar-refractivity contribution in [3.05, 3.63) is 62.2 Å². The van der Waals surface area contributed by atoms with Gasteiger partial charge in [-0.1, -0.05) is 17.7 Å². The second kappa shape index (κ2) is 10.1. The Balaban J connectivity index is 0.000000913. The molecule has 0 saturated carbocycles. The smallest absolute Gasteiger partial charge is 0.402 e. The van der Waals surface area contributed by atoms with Gasteiger partial charge in [-0.15, -0.1) is 0 Å². The maximum absolute atomic E-state index is 13.5. The van der Waals surface area contributed by atoms with E-state index in [4.69, 9.17) is 18.3 Å². The van der Waals surface area contributed by atoms with Crippen LogP contribution in [0.5, 0.6) is 5.75 Å². The van der Waals surface area contributed by atoms with Crippen LogP contribution in [0.3, 0.4) is 0 Å². The first-order chi connectivity index (χ1) is 15.1. The second-order valence-electron chi connectivity index (χ2n) is 6.90. The monoisotopic (exact) mass is 478 g/mol. The summed E-state index contributed by atoms with van der Waals surface area (Å²) in [6.45, 7) is 2.10. The topological polar surface area (TPSA) is 141 Å². The molecule has 14 heteroatoms. The van der Waals surface area contributed by atoms with E-state index in [1.807, 2.05) is 24.0 Å². The zero-order valence-corrected chi connectivity index (χ0v) is 17.9. The summed E-state index contributed by atoms with van der Waals surface area (Å²) in [7, 11) is -1.15. The van der Waals surface area contributed by atoms with E-state index in [-0.39, 0.29) is 19.4 Å². The number of nitrogens with one attached hydrogen (secondary N) is 1. The van der Waals surface area contributed by atoms with Crippen molar-refractivity contribution >= 4 is 8.60 Å². The summed E-state index contributed by atoms with van der Waals surface area (Å²) in [5, 5.41) is 20.7. The van der Waals surface area contributed by atoms with E-state index in [0.717, 1.165) is 22.8 Å². The highest BCUT2D eigenvalue weighted by Crippen LogP contribution is 2.50. The number of aromatic nitrogens is 2. The van der Waals surface area contributed by atoms with Crippen LogP contribution < -0.4 is 15.8 Å². The largest absolute Gasteiger partial charge is 0.426 e. The molecule has 0 radical (unpaired) electrons. The molecule has 1 saturated heterocycles. The zero-order chi connectivity index (χ0) is 23.5. The highest BCUT2D eigenvalue weighted by molar-refractivity contribution is 7.42. The minimum atomic E-state index is -2.77. The Hall–Kier alpha value is -2.25. The summed E-state index contributed by atoms with van der Waals surface area (Å²) >= 11 is 0. The normalized spacial score (nSPS) is 22.5. The van der Waals surface area contributed by atoms with Gasteiger partial charge in [0.05, 0.1) is 19.9 Å². The highest BCUT2D eigenvalue weighted by atomic mass is 31.2. The van der Waals surface area contributed by atoms with Crippen molar-refractivity contribution in [1.29, 1.82) is 0 Å². The van der Waals surface area contributed by atoms with E-state index >= 15 is 0 Å². The Morgan fingerprint density at radius 3 is 2.75 bits per heavy atom. The molecule has 0 spiro atoms. The Bertz CT molecular complexity index is 1060. The predicted molar refractivity (Wildman–Crippen MR) is 104 cm³/mol. The van der Waals surface area contributed by atoms with E-state index < -0.39 is 44.0 Å². The van der Waals surface area contributed by atoms with Gasteiger partial charge in [0, 0.05) is 5.56 Å². The van der Waals surface area contributed by atoms with Crippen molar-refractivity contribution in [2.75, 3.05) is 7.11 Å². The Kier molecular flexibility index (Phi) is 7.72. The lowest BCUT2D eigenvalue weighted by Crippen LogP contribution is -2.44. The number of halogens is 2. The third-order valence-corrected chi connectivity index (χ3v) is 5.68. The van der Waals surface area contributed by atoms with Crippen molar-refractivity contribution in [3.63, 3.8) is 0 Å². The third kappa shape index (κ3) is 5.56. The van der Waals surface area contributed by atoms with E-state index in [1.165, 1.54) is 0 Å². The van der Waals surface area contributed by atoms with Crippen molar-refractivity contribution in [2.24, 2.45) is 0 Å². The van der Waals surface area contributed by atoms with Crippen LogP contribution in [0.25, 0.3) is 0 Å². The molecule has 4 rings (SSSR count). The minimum absolute atomic E-state index is 0.0871. The van der Waals surface area contributed by atoms with Crippen LogP contribution in [0.15, 0.2) is 34.0 Å². The fourth-order valence-electron chi connectivity index (χ4n) is 3.13. The van der Waals surface area contributed by atoms with Crippen molar-refractivity contribution in [3.8, 4) is 5.75 Å². The molecule has 3 unspecified atom stereocenters. The molecule has 3 atom stereocenters. The van der Waals surface area contributed by atoms with E-state index in [0.29, 0.717) is 11.9 Å². The molecular weight excluding hydrogens is 457 g/mol. The molecule has 0 aliphatic carbocycles. The number of H-pyrrole nitrogens is 1. The molecule has 3 heterocycles. The summed E-state index contributed by atoms with van der Waals surface area (Å²) < 4.78 is 45.7. The number of nitrogens with zero attached hydrogens (tertiary/aromatic N) is 1. The second-order valence-corrected chi connectivity index (χ2v) is 7.97. The Morgan fingerprint density at radius 1 is 1.31 bits per heavy atom. The minimum Gasteiger partial charge on any atom is -0.426 e. The first-order valence-electron chi connectivity index (χ1n) is 9.30. The fourth-order valence-corrected chi connectivity index (χ4v) is 4.19. The molecule has 0 amide bonds. The van der Waals surface area contributed by atoms with Gasteiger partial charge in [-0.3, -0.25) is 18.9 Å². The molecule has 1 aromatic heterocycles. The van der Waals surface area contributed by atoms with Gasteiger partial charge in [0.1, 0.15) is 18.1 Å². The quantitative estimate of drug-likeness (QED) is 0.442. The van der Waals surface area contributed by atoms with Gasteiger partial charge < -0.3 is 19.5 Å². The number of hydrogen-bond donors (Lipinski definition) is 3. The average Bonchev–Trinajstić information content (AvgIpc) is 3.22. The van der Waals surface area contributed by atoms with Gasteiger partial charge in [-0.25, -0.2) is 9.32 Å². The summed E-state index contributed by atoms with van der Waals surface area (Å²) in [5.41, 5.74) is -0.182. The summed E-state index contributed by atoms with van der Waals surface area (Å²) in [5.74, 6) is -3.41.